The Morgan fingerprint density at radius 3 is 2.36 bits per heavy atom. The maximum atomic E-state index is 10.3. The van der Waals surface area contributed by atoms with Gasteiger partial charge in [0.1, 0.15) is 11.9 Å². The Hall–Kier alpha value is -0.220. The fourth-order valence-corrected chi connectivity index (χ4v) is 0.891. The van der Waals surface area contributed by atoms with Gasteiger partial charge in [0, 0.05) is 5.02 Å². The zero-order valence-corrected chi connectivity index (χ0v) is 10.7. The predicted octanol–water partition coefficient (Wildman–Crippen LogP) is -2.14. The second-order valence-electron chi connectivity index (χ2n) is 2.53. The van der Waals surface area contributed by atoms with Crippen LogP contribution in [-0.2, 0) is 4.79 Å². The van der Waals surface area contributed by atoms with Crippen LogP contribution in [0, 0.1) is 0 Å². The molecule has 3 nitrogen and oxygen atoms in total. The first kappa shape index (κ1) is 13.8. The second kappa shape index (κ2) is 6.30. The SMILES string of the molecule is CC(Oc1ccc(Cl)cc1)C(=O)[O-].[Na+]. The summed E-state index contributed by atoms with van der Waals surface area (Å²) in [5.41, 5.74) is 0. The van der Waals surface area contributed by atoms with Crippen molar-refractivity contribution in [1.29, 1.82) is 0 Å². The first-order chi connectivity index (χ1) is 6.09. The number of ether oxygens (including phenoxy) is 1. The van der Waals surface area contributed by atoms with Crippen molar-refractivity contribution in [1.82, 2.24) is 0 Å². The van der Waals surface area contributed by atoms with Gasteiger partial charge in [0.25, 0.3) is 0 Å². The van der Waals surface area contributed by atoms with Crippen LogP contribution in [0.15, 0.2) is 24.3 Å². The van der Waals surface area contributed by atoms with E-state index in [1.807, 2.05) is 0 Å². The Balaban J connectivity index is 0.00000169. The van der Waals surface area contributed by atoms with E-state index < -0.39 is 12.1 Å². The molecule has 70 valence electrons. The number of hydrogen-bond acceptors (Lipinski definition) is 3. The third kappa shape index (κ3) is 4.33. The second-order valence-corrected chi connectivity index (χ2v) is 2.97. The summed E-state index contributed by atoms with van der Waals surface area (Å²) in [7, 11) is 0. The quantitative estimate of drug-likeness (QED) is 0.549. The molecule has 1 unspecified atom stereocenters. The molecular formula is C9H8ClNaO3. The Morgan fingerprint density at radius 2 is 1.93 bits per heavy atom. The van der Waals surface area contributed by atoms with Gasteiger partial charge in [-0.2, -0.15) is 0 Å². The van der Waals surface area contributed by atoms with E-state index in [0.717, 1.165) is 0 Å². The zero-order valence-electron chi connectivity index (χ0n) is 7.99. The molecule has 0 bridgehead atoms. The molecule has 1 atom stereocenters. The van der Waals surface area contributed by atoms with E-state index in [4.69, 9.17) is 16.3 Å². The van der Waals surface area contributed by atoms with Gasteiger partial charge < -0.3 is 14.6 Å². The topological polar surface area (TPSA) is 49.4 Å². The summed E-state index contributed by atoms with van der Waals surface area (Å²) >= 11 is 5.63. The van der Waals surface area contributed by atoms with Gasteiger partial charge in [-0.15, -0.1) is 0 Å². The number of carbonyl (C=O) groups excluding carboxylic acids is 1. The third-order valence-corrected chi connectivity index (χ3v) is 1.71. The molecular weight excluding hydrogens is 215 g/mol. The minimum Gasteiger partial charge on any atom is -0.546 e. The van der Waals surface area contributed by atoms with Gasteiger partial charge in [-0.3, -0.25) is 0 Å². The number of aliphatic carboxylic acids is 1. The van der Waals surface area contributed by atoms with Crippen molar-refractivity contribution in [2.24, 2.45) is 0 Å². The van der Waals surface area contributed by atoms with Crippen molar-refractivity contribution in [3.05, 3.63) is 29.3 Å². The van der Waals surface area contributed by atoms with Gasteiger partial charge in [-0.25, -0.2) is 0 Å². The molecule has 0 heterocycles. The molecule has 0 saturated carbocycles. The van der Waals surface area contributed by atoms with Crippen LogP contribution in [0.4, 0.5) is 0 Å². The minimum atomic E-state index is -1.24. The molecule has 5 heteroatoms. The maximum absolute atomic E-state index is 10.3. The van der Waals surface area contributed by atoms with Crippen molar-refractivity contribution in [3.8, 4) is 5.75 Å². The molecule has 1 aromatic rings. The molecule has 0 aliphatic rings. The normalized spacial score (nSPS) is 11.3. The van der Waals surface area contributed by atoms with E-state index in [1.165, 1.54) is 6.92 Å². The van der Waals surface area contributed by atoms with E-state index in [0.29, 0.717) is 10.8 Å². The Bertz CT molecular complexity index is 299. The molecule has 0 amide bonds. The minimum absolute atomic E-state index is 0. The molecule has 1 rings (SSSR count). The molecule has 0 saturated heterocycles. The van der Waals surface area contributed by atoms with Gasteiger partial charge in [0.2, 0.25) is 0 Å². The molecule has 0 N–H and O–H groups in total. The van der Waals surface area contributed by atoms with Gasteiger partial charge in [0.05, 0.1) is 5.97 Å². The molecule has 0 radical (unpaired) electrons. The fraction of sp³-hybridized carbons (Fsp3) is 0.222. The van der Waals surface area contributed by atoms with Gasteiger partial charge in [-0.05, 0) is 31.2 Å². The van der Waals surface area contributed by atoms with Crippen molar-refractivity contribution < 1.29 is 44.2 Å². The summed E-state index contributed by atoms with van der Waals surface area (Å²) < 4.78 is 5.01. The zero-order chi connectivity index (χ0) is 9.84. The van der Waals surface area contributed by atoms with Gasteiger partial charge >= 0.3 is 29.6 Å². The smallest absolute Gasteiger partial charge is 0.546 e. The summed E-state index contributed by atoms with van der Waals surface area (Å²) in [6.45, 7) is 1.41. The number of halogens is 1. The largest absolute Gasteiger partial charge is 1.00 e. The van der Waals surface area contributed by atoms with E-state index in [9.17, 15) is 9.90 Å². The summed E-state index contributed by atoms with van der Waals surface area (Å²) in [5.74, 6) is -0.781. The predicted molar refractivity (Wildman–Crippen MR) is 46.5 cm³/mol. The number of hydrogen-bond donors (Lipinski definition) is 0. The van der Waals surface area contributed by atoms with Gasteiger partial charge in [0.15, 0.2) is 0 Å². The van der Waals surface area contributed by atoms with Crippen LogP contribution in [0.25, 0.3) is 0 Å². The standard InChI is InChI=1S/C9H9ClO3.Na/c1-6(9(11)12)13-8-4-2-7(10)3-5-8;/h2-6H,1H3,(H,11,12);/q;+1/p-1. The van der Waals surface area contributed by atoms with Crippen molar-refractivity contribution >= 4 is 17.6 Å². The van der Waals surface area contributed by atoms with Crippen LogP contribution in [0.2, 0.25) is 5.02 Å². The molecule has 0 aromatic heterocycles. The van der Waals surface area contributed by atoms with Crippen LogP contribution >= 0.6 is 11.6 Å². The number of rotatable bonds is 3. The molecule has 1 aromatic carbocycles. The van der Waals surface area contributed by atoms with Crippen LogP contribution in [0.5, 0.6) is 5.75 Å². The summed E-state index contributed by atoms with van der Waals surface area (Å²) in [6, 6.07) is 6.45. The van der Waals surface area contributed by atoms with E-state index in [2.05, 4.69) is 0 Å². The van der Waals surface area contributed by atoms with Crippen LogP contribution in [0.3, 0.4) is 0 Å². The molecule has 0 spiro atoms. The van der Waals surface area contributed by atoms with Crippen molar-refractivity contribution in [3.63, 3.8) is 0 Å². The number of carbonyl (C=O) groups is 1. The van der Waals surface area contributed by atoms with Gasteiger partial charge in [-0.1, -0.05) is 11.6 Å². The average Bonchev–Trinajstić information content (AvgIpc) is 2.08. The average molecular weight is 223 g/mol. The Kier molecular flexibility index (Phi) is 6.20. The fourth-order valence-electron chi connectivity index (χ4n) is 0.765. The third-order valence-electron chi connectivity index (χ3n) is 1.46. The molecule has 0 aliphatic carbocycles. The Labute approximate surface area is 109 Å². The van der Waals surface area contributed by atoms with Crippen molar-refractivity contribution in [2.75, 3.05) is 0 Å². The monoisotopic (exact) mass is 222 g/mol. The van der Waals surface area contributed by atoms with Crippen LogP contribution < -0.4 is 39.4 Å². The van der Waals surface area contributed by atoms with E-state index in [-0.39, 0.29) is 29.6 Å². The number of carboxylic acid groups (broad SMARTS) is 1. The Morgan fingerprint density at radius 1 is 1.43 bits per heavy atom. The number of benzene rings is 1. The van der Waals surface area contributed by atoms with Crippen molar-refractivity contribution in [2.45, 2.75) is 13.0 Å². The maximum Gasteiger partial charge on any atom is 1.00 e. The number of carboxylic acids is 1. The molecule has 0 fully saturated rings. The van der Waals surface area contributed by atoms with E-state index in [1.54, 1.807) is 24.3 Å². The molecule has 0 aliphatic heterocycles. The van der Waals surface area contributed by atoms with Crippen LogP contribution in [0.1, 0.15) is 6.92 Å². The summed E-state index contributed by atoms with van der Waals surface area (Å²) in [5, 5.41) is 10.9. The summed E-state index contributed by atoms with van der Waals surface area (Å²) in [4.78, 5) is 10.3. The first-order valence-corrected chi connectivity index (χ1v) is 4.10. The summed E-state index contributed by atoms with van der Waals surface area (Å²) in [6.07, 6.45) is -0.957. The van der Waals surface area contributed by atoms with Crippen LogP contribution in [-0.4, -0.2) is 12.1 Å². The first-order valence-electron chi connectivity index (χ1n) is 3.72. The van der Waals surface area contributed by atoms with E-state index >= 15 is 0 Å². The molecule has 14 heavy (non-hydrogen) atoms.